The van der Waals surface area contributed by atoms with Crippen LogP contribution in [0.4, 0.5) is 0 Å². The van der Waals surface area contributed by atoms with E-state index in [-0.39, 0.29) is 11.4 Å². The van der Waals surface area contributed by atoms with E-state index in [0.29, 0.717) is 12.5 Å². The molecule has 1 aromatic rings. The first-order valence-corrected chi connectivity index (χ1v) is 7.90. The Morgan fingerprint density at radius 3 is 2.80 bits per heavy atom. The van der Waals surface area contributed by atoms with Crippen LogP contribution in [0.3, 0.4) is 0 Å². The SMILES string of the molecule is CNC(C)c1ccc(SCC2(CC(=O)OC)CC2)nc1. The topological polar surface area (TPSA) is 51.2 Å². The Labute approximate surface area is 124 Å². The van der Waals surface area contributed by atoms with Gasteiger partial charge in [0.1, 0.15) is 0 Å². The second-order valence-corrected chi connectivity index (χ2v) is 6.48. The summed E-state index contributed by atoms with van der Waals surface area (Å²) in [4.78, 5) is 15.9. The number of nitrogens with zero attached hydrogens (tertiary/aromatic N) is 1. The van der Waals surface area contributed by atoms with E-state index in [2.05, 4.69) is 29.4 Å². The van der Waals surface area contributed by atoms with Crippen molar-refractivity contribution in [3.8, 4) is 0 Å². The van der Waals surface area contributed by atoms with E-state index in [4.69, 9.17) is 4.74 Å². The molecule has 1 unspecified atom stereocenters. The second-order valence-electron chi connectivity index (χ2n) is 5.48. The molecule has 0 saturated heterocycles. The highest BCUT2D eigenvalue weighted by Crippen LogP contribution is 2.51. The Balaban J connectivity index is 1.86. The van der Waals surface area contributed by atoms with Crippen LogP contribution in [0.25, 0.3) is 0 Å². The molecule has 0 bridgehead atoms. The smallest absolute Gasteiger partial charge is 0.306 e. The van der Waals surface area contributed by atoms with Crippen LogP contribution < -0.4 is 5.32 Å². The third-order valence-electron chi connectivity index (χ3n) is 3.92. The molecule has 0 aliphatic heterocycles. The van der Waals surface area contributed by atoms with Gasteiger partial charge in [0.05, 0.1) is 18.6 Å². The fraction of sp³-hybridized carbons (Fsp3) is 0.600. The molecule has 0 spiro atoms. The van der Waals surface area contributed by atoms with Gasteiger partial charge < -0.3 is 10.1 Å². The lowest BCUT2D eigenvalue weighted by atomic mass is 10.1. The lowest BCUT2D eigenvalue weighted by Crippen LogP contribution is -2.13. The highest BCUT2D eigenvalue weighted by atomic mass is 32.2. The molecule has 0 amide bonds. The normalized spacial score (nSPS) is 17.6. The first kappa shape index (κ1) is 15.3. The summed E-state index contributed by atoms with van der Waals surface area (Å²) >= 11 is 1.73. The second kappa shape index (κ2) is 6.59. The molecular weight excluding hydrogens is 272 g/mol. The van der Waals surface area contributed by atoms with Crippen molar-refractivity contribution in [2.24, 2.45) is 5.41 Å². The van der Waals surface area contributed by atoms with Gasteiger partial charge in [-0.2, -0.15) is 0 Å². The van der Waals surface area contributed by atoms with Crippen molar-refractivity contribution in [3.63, 3.8) is 0 Å². The van der Waals surface area contributed by atoms with E-state index in [1.807, 2.05) is 13.2 Å². The molecular formula is C15H22N2O2S. The lowest BCUT2D eigenvalue weighted by Gasteiger charge is -2.13. The van der Waals surface area contributed by atoms with Crippen molar-refractivity contribution < 1.29 is 9.53 Å². The summed E-state index contributed by atoms with van der Waals surface area (Å²) < 4.78 is 4.76. The number of carbonyl (C=O) groups is 1. The molecule has 1 aliphatic carbocycles. The first-order chi connectivity index (χ1) is 9.58. The highest BCUT2D eigenvalue weighted by Gasteiger charge is 2.44. The van der Waals surface area contributed by atoms with Gasteiger partial charge in [-0.3, -0.25) is 4.79 Å². The Kier molecular flexibility index (Phi) is 5.05. The van der Waals surface area contributed by atoms with Gasteiger partial charge in [0.15, 0.2) is 0 Å². The Bertz CT molecular complexity index is 457. The third-order valence-corrected chi connectivity index (χ3v) is 5.22. The van der Waals surface area contributed by atoms with E-state index in [9.17, 15) is 4.79 Å². The number of aromatic nitrogens is 1. The third kappa shape index (κ3) is 3.96. The maximum atomic E-state index is 11.4. The molecule has 110 valence electrons. The standard InChI is InChI=1S/C15H22N2O2S/c1-11(16-2)12-4-5-13(17-9-12)20-10-15(6-7-15)8-14(18)19-3/h4-5,9,11,16H,6-8,10H2,1-3H3. The van der Waals surface area contributed by atoms with Crippen molar-refractivity contribution in [2.75, 3.05) is 19.9 Å². The summed E-state index contributed by atoms with van der Waals surface area (Å²) in [6.45, 7) is 2.11. The van der Waals surface area contributed by atoms with Gasteiger partial charge in [-0.05, 0) is 43.9 Å². The number of ether oxygens (including phenoxy) is 1. The van der Waals surface area contributed by atoms with Gasteiger partial charge in [0.25, 0.3) is 0 Å². The number of methoxy groups -OCH3 is 1. The van der Waals surface area contributed by atoms with E-state index >= 15 is 0 Å². The van der Waals surface area contributed by atoms with Crippen LogP contribution in [0, 0.1) is 5.41 Å². The van der Waals surface area contributed by atoms with Gasteiger partial charge in [-0.1, -0.05) is 6.07 Å². The molecule has 2 rings (SSSR count). The molecule has 20 heavy (non-hydrogen) atoms. The largest absolute Gasteiger partial charge is 0.469 e. The van der Waals surface area contributed by atoms with E-state index in [1.165, 1.54) is 12.7 Å². The van der Waals surface area contributed by atoms with Gasteiger partial charge in [0.2, 0.25) is 0 Å². The zero-order valence-electron chi connectivity index (χ0n) is 12.3. The number of pyridine rings is 1. The maximum Gasteiger partial charge on any atom is 0.306 e. The molecule has 1 saturated carbocycles. The van der Waals surface area contributed by atoms with Gasteiger partial charge in [0, 0.05) is 18.0 Å². The van der Waals surface area contributed by atoms with Crippen molar-refractivity contribution in [3.05, 3.63) is 23.9 Å². The zero-order valence-corrected chi connectivity index (χ0v) is 13.1. The molecule has 5 heteroatoms. The van der Waals surface area contributed by atoms with Crippen molar-refractivity contribution in [2.45, 2.75) is 37.3 Å². The number of thioether (sulfide) groups is 1. The van der Waals surface area contributed by atoms with Crippen molar-refractivity contribution in [1.82, 2.24) is 10.3 Å². The van der Waals surface area contributed by atoms with Crippen LogP contribution in [-0.2, 0) is 9.53 Å². The molecule has 1 fully saturated rings. The quantitative estimate of drug-likeness (QED) is 0.619. The molecule has 1 N–H and O–H groups in total. The summed E-state index contributed by atoms with van der Waals surface area (Å²) in [6, 6.07) is 4.48. The van der Waals surface area contributed by atoms with Crippen LogP contribution in [0.5, 0.6) is 0 Å². The van der Waals surface area contributed by atoms with E-state index in [1.54, 1.807) is 11.8 Å². The Morgan fingerprint density at radius 2 is 2.30 bits per heavy atom. The molecule has 0 radical (unpaired) electrons. The van der Waals surface area contributed by atoms with Crippen molar-refractivity contribution in [1.29, 1.82) is 0 Å². The molecule has 1 aliphatic rings. The van der Waals surface area contributed by atoms with Gasteiger partial charge in [-0.25, -0.2) is 4.98 Å². The molecule has 1 heterocycles. The number of rotatable bonds is 7. The van der Waals surface area contributed by atoms with Crippen LogP contribution in [0.15, 0.2) is 23.4 Å². The zero-order chi connectivity index (χ0) is 14.6. The number of carbonyl (C=O) groups excluding carboxylic acids is 1. The predicted molar refractivity (Wildman–Crippen MR) is 80.7 cm³/mol. The lowest BCUT2D eigenvalue weighted by molar-refractivity contribution is -0.141. The van der Waals surface area contributed by atoms with E-state index < -0.39 is 0 Å². The molecule has 4 nitrogen and oxygen atoms in total. The minimum atomic E-state index is -0.103. The van der Waals surface area contributed by atoms with E-state index in [0.717, 1.165) is 23.6 Å². The van der Waals surface area contributed by atoms with Crippen LogP contribution in [0.2, 0.25) is 0 Å². The molecule has 1 aromatic heterocycles. The number of hydrogen-bond acceptors (Lipinski definition) is 5. The van der Waals surface area contributed by atoms with Gasteiger partial charge >= 0.3 is 5.97 Å². The fourth-order valence-electron chi connectivity index (χ4n) is 2.05. The minimum Gasteiger partial charge on any atom is -0.469 e. The van der Waals surface area contributed by atoms with Crippen LogP contribution in [-0.4, -0.2) is 30.9 Å². The van der Waals surface area contributed by atoms with Crippen LogP contribution >= 0.6 is 11.8 Å². The van der Waals surface area contributed by atoms with Gasteiger partial charge in [-0.15, -0.1) is 11.8 Å². The molecule has 1 atom stereocenters. The number of esters is 1. The molecule has 0 aromatic carbocycles. The fourth-order valence-corrected chi connectivity index (χ4v) is 3.19. The first-order valence-electron chi connectivity index (χ1n) is 6.91. The number of hydrogen-bond donors (Lipinski definition) is 1. The monoisotopic (exact) mass is 294 g/mol. The van der Waals surface area contributed by atoms with Crippen molar-refractivity contribution >= 4 is 17.7 Å². The summed E-state index contributed by atoms with van der Waals surface area (Å²) in [5.74, 6) is 0.838. The Hall–Kier alpha value is -1.07. The minimum absolute atomic E-state index is 0.103. The summed E-state index contributed by atoms with van der Waals surface area (Å²) in [5, 5.41) is 4.22. The highest BCUT2D eigenvalue weighted by molar-refractivity contribution is 7.99. The maximum absolute atomic E-state index is 11.4. The Morgan fingerprint density at radius 1 is 1.55 bits per heavy atom. The summed E-state index contributed by atoms with van der Waals surface area (Å²) in [7, 11) is 3.39. The van der Waals surface area contributed by atoms with Crippen LogP contribution in [0.1, 0.15) is 37.8 Å². The average molecular weight is 294 g/mol. The summed E-state index contributed by atoms with van der Waals surface area (Å²) in [6.07, 6.45) is 4.68. The average Bonchev–Trinajstić information content (AvgIpc) is 3.24. The predicted octanol–water partition coefficient (Wildman–Crippen LogP) is 2.80. The summed E-state index contributed by atoms with van der Waals surface area (Å²) in [5.41, 5.74) is 1.34. The number of nitrogens with one attached hydrogen (secondary N) is 1.